The standard InChI is InChI=1S/C14H13Br2N/c1-10-6-7-11(8-13(10)16)9-17-14-5-3-2-4-12(14)15/h2-8,17H,9H2,1H3. The van der Waals surface area contributed by atoms with Crippen LogP contribution in [0.1, 0.15) is 11.1 Å². The number of hydrogen-bond donors (Lipinski definition) is 1. The Hall–Kier alpha value is -0.800. The molecule has 0 spiro atoms. The van der Waals surface area contributed by atoms with Gasteiger partial charge in [-0.05, 0) is 52.2 Å². The number of rotatable bonds is 3. The lowest BCUT2D eigenvalue weighted by Gasteiger charge is -2.09. The molecule has 88 valence electrons. The van der Waals surface area contributed by atoms with Gasteiger partial charge in [0, 0.05) is 21.2 Å². The van der Waals surface area contributed by atoms with Crippen molar-refractivity contribution in [3.05, 3.63) is 62.5 Å². The van der Waals surface area contributed by atoms with Gasteiger partial charge in [0.2, 0.25) is 0 Å². The third kappa shape index (κ3) is 3.33. The van der Waals surface area contributed by atoms with Gasteiger partial charge in [-0.2, -0.15) is 0 Å². The molecule has 1 nitrogen and oxygen atoms in total. The van der Waals surface area contributed by atoms with Crippen molar-refractivity contribution in [1.29, 1.82) is 0 Å². The Morgan fingerprint density at radius 2 is 1.76 bits per heavy atom. The molecule has 0 heterocycles. The summed E-state index contributed by atoms with van der Waals surface area (Å²) in [6.45, 7) is 2.91. The Bertz CT molecular complexity index is 523. The van der Waals surface area contributed by atoms with E-state index in [0.717, 1.165) is 21.2 Å². The van der Waals surface area contributed by atoms with Crippen LogP contribution in [-0.4, -0.2) is 0 Å². The maximum Gasteiger partial charge on any atom is 0.0487 e. The maximum atomic E-state index is 3.55. The number of aryl methyl sites for hydroxylation is 1. The molecular formula is C14H13Br2N. The quantitative estimate of drug-likeness (QED) is 0.805. The first-order valence-corrected chi connectivity index (χ1v) is 6.99. The van der Waals surface area contributed by atoms with E-state index in [2.05, 4.69) is 68.4 Å². The highest BCUT2D eigenvalue weighted by molar-refractivity contribution is 9.10. The topological polar surface area (TPSA) is 12.0 Å². The molecule has 0 fully saturated rings. The molecule has 0 aliphatic heterocycles. The van der Waals surface area contributed by atoms with Gasteiger partial charge >= 0.3 is 0 Å². The Morgan fingerprint density at radius 3 is 2.47 bits per heavy atom. The molecule has 2 rings (SSSR count). The van der Waals surface area contributed by atoms with Crippen molar-refractivity contribution in [3.63, 3.8) is 0 Å². The van der Waals surface area contributed by atoms with E-state index in [1.165, 1.54) is 11.1 Å². The number of para-hydroxylation sites is 1. The molecule has 17 heavy (non-hydrogen) atoms. The largest absolute Gasteiger partial charge is 0.380 e. The summed E-state index contributed by atoms with van der Waals surface area (Å²) < 4.78 is 2.25. The van der Waals surface area contributed by atoms with Gasteiger partial charge in [0.1, 0.15) is 0 Å². The highest BCUT2D eigenvalue weighted by Crippen LogP contribution is 2.23. The summed E-state index contributed by atoms with van der Waals surface area (Å²) in [6, 6.07) is 14.6. The molecule has 0 saturated heterocycles. The van der Waals surface area contributed by atoms with Crippen LogP contribution < -0.4 is 5.32 Å². The predicted molar refractivity (Wildman–Crippen MR) is 80.3 cm³/mol. The highest BCUT2D eigenvalue weighted by Gasteiger charge is 2.00. The molecular weight excluding hydrogens is 342 g/mol. The Labute approximate surface area is 119 Å². The van der Waals surface area contributed by atoms with Crippen molar-refractivity contribution in [1.82, 2.24) is 0 Å². The Kier molecular flexibility index (Phi) is 4.24. The summed E-state index contributed by atoms with van der Waals surface area (Å²) in [5.41, 5.74) is 3.64. The van der Waals surface area contributed by atoms with E-state index in [0.29, 0.717) is 0 Å². The van der Waals surface area contributed by atoms with Crippen molar-refractivity contribution in [2.75, 3.05) is 5.32 Å². The molecule has 2 aromatic rings. The van der Waals surface area contributed by atoms with Crippen LogP contribution in [0.4, 0.5) is 5.69 Å². The number of hydrogen-bond acceptors (Lipinski definition) is 1. The van der Waals surface area contributed by atoms with Crippen LogP contribution in [0.2, 0.25) is 0 Å². The van der Waals surface area contributed by atoms with Crippen LogP contribution in [0.25, 0.3) is 0 Å². The first-order chi connectivity index (χ1) is 8.16. The first-order valence-electron chi connectivity index (χ1n) is 5.40. The highest BCUT2D eigenvalue weighted by atomic mass is 79.9. The third-order valence-electron chi connectivity index (χ3n) is 2.59. The number of halogens is 2. The maximum absolute atomic E-state index is 3.55. The van der Waals surface area contributed by atoms with Crippen LogP contribution in [0.5, 0.6) is 0 Å². The molecule has 0 aliphatic carbocycles. The van der Waals surface area contributed by atoms with Crippen LogP contribution >= 0.6 is 31.9 Å². The van der Waals surface area contributed by atoms with Crippen molar-refractivity contribution in [3.8, 4) is 0 Å². The van der Waals surface area contributed by atoms with E-state index in [1.54, 1.807) is 0 Å². The molecule has 0 saturated carbocycles. The normalized spacial score (nSPS) is 10.3. The van der Waals surface area contributed by atoms with Crippen molar-refractivity contribution in [2.24, 2.45) is 0 Å². The summed E-state index contributed by atoms with van der Waals surface area (Å²) in [5.74, 6) is 0. The van der Waals surface area contributed by atoms with Crippen LogP contribution in [-0.2, 0) is 6.54 Å². The molecule has 0 aliphatic rings. The number of anilines is 1. The lowest BCUT2D eigenvalue weighted by molar-refractivity contribution is 1.14. The third-order valence-corrected chi connectivity index (χ3v) is 4.14. The fraction of sp³-hybridized carbons (Fsp3) is 0.143. The smallest absolute Gasteiger partial charge is 0.0487 e. The summed E-state index contributed by atoms with van der Waals surface area (Å²) in [7, 11) is 0. The fourth-order valence-electron chi connectivity index (χ4n) is 1.55. The zero-order valence-electron chi connectivity index (χ0n) is 9.50. The Morgan fingerprint density at radius 1 is 1.00 bits per heavy atom. The number of benzene rings is 2. The monoisotopic (exact) mass is 353 g/mol. The fourth-order valence-corrected chi connectivity index (χ4v) is 2.40. The van der Waals surface area contributed by atoms with Gasteiger partial charge in [0.15, 0.2) is 0 Å². The summed E-state index contributed by atoms with van der Waals surface area (Å²) in [4.78, 5) is 0. The molecule has 3 heteroatoms. The summed E-state index contributed by atoms with van der Waals surface area (Å²) in [6.07, 6.45) is 0. The minimum Gasteiger partial charge on any atom is -0.380 e. The second-order valence-corrected chi connectivity index (χ2v) is 5.63. The van der Waals surface area contributed by atoms with Gasteiger partial charge in [-0.1, -0.05) is 40.2 Å². The second-order valence-electron chi connectivity index (χ2n) is 3.92. The van der Waals surface area contributed by atoms with E-state index >= 15 is 0 Å². The second kappa shape index (κ2) is 5.69. The van der Waals surface area contributed by atoms with Gasteiger partial charge in [0.25, 0.3) is 0 Å². The molecule has 0 atom stereocenters. The average molecular weight is 355 g/mol. The minimum atomic E-state index is 0.821. The van der Waals surface area contributed by atoms with E-state index < -0.39 is 0 Å². The Balaban J connectivity index is 2.08. The SMILES string of the molecule is Cc1ccc(CNc2ccccc2Br)cc1Br. The molecule has 0 radical (unpaired) electrons. The van der Waals surface area contributed by atoms with Gasteiger partial charge in [-0.25, -0.2) is 0 Å². The molecule has 0 aromatic heterocycles. The van der Waals surface area contributed by atoms with E-state index in [1.807, 2.05) is 18.2 Å². The van der Waals surface area contributed by atoms with Gasteiger partial charge in [-0.15, -0.1) is 0 Å². The van der Waals surface area contributed by atoms with Crippen LogP contribution in [0, 0.1) is 6.92 Å². The molecule has 0 amide bonds. The lowest BCUT2D eigenvalue weighted by Crippen LogP contribution is -2.00. The van der Waals surface area contributed by atoms with E-state index in [4.69, 9.17) is 0 Å². The molecule has 0 bridgehead atoms. The lowest BCUT2D eigenvalue weighted by atomic mass is 10.1. The summed E-state index contributed by atoms with van der Waals surface area (Å²) in [5, 5.41) is 3.41. The van der Waals surface area contributed by atoms with E-state index in [9.17, 15) is 0 Å². The molecule has 1 N–H and O–H groups in total. The predicted octanol–water partition coefficient (Wildman–Crippen LogP) is 5.13. The van der Waals surface area contributed by atoms with E-state index in [-0.39, 0.29) is 0 Å². The van der Waals surface area contributed by atoms with Gasteiger partial charge in [0.05, 0.1) is 0 Å². The summed E-state index contributed by atoms with van der Waals surface area (Å²) >= 11 is 7.07. The minimum absolute atomic E-state index is 0.821. The number of nitrogens with one attached hydrogen (secondary N) is 1. The van der Waals surface area contributed by atoms with Gasteiger partial charge in [-0.3, -0.25) is 0 Å². The molecule has 0 unspecified atom stereocenters. The van der Waals surface area contributed by atoms with Crippen LogP contribution in [0.3, 0.4) is 0 Å². The first kappa shape index (κ1) is 12.7. The zero-order chi connectivity index (χ0) is 12.3. The van der Waals surface area contributed by atoms with Crippen molar-refractivity contribution < 1.29 is 0 Å². The molecule has 2 aromatic carbocycles. The zero-order valence-corrected chi connectivity index (χ0v) is 12.7. The average Bonchev–Trinajstić information content (AvgIpc) is 2.32. The van der Waals surface area contributed by atoms with Crippen molar-refractivity contribution in [2.45, 2.75) is 13.5 Å². The van der Waals surface area contributed by atoms with Crippen molar-refractivity contribution >= 4 is 37.5 Å². The van der Waals surface area contributed by atoms with Crippen LogP contribution in [0.15, 0.2) is 51.4 Å². The van der Waals surface area contributed by atoms with Gasteiger partial charge < -0.3 is 5.32 Å².